The van der Waals surface area contributed by atoms with Crippen LogP contribution in [0.1, 0.15) is 84.1 Å². The molecule has 171 valence electrons. The molecule has 1 aliphatic rings. The first-order valence-electron chi connectivity index (χ1n) is 12.4. The zero-order chi connectivity index (χ0) is 24.0. The van der Waals surface area contributed by atoms with E-state index in [1.165, 1.54) is 50.1 Å². The zero-order valence-corrected chi connectivity index (χ0v) is 21.7. The van der Waals surface area contributed by atoms with E-state index in [9.17, 15) is 0 Å². The minimum Gasteiger partial charge on any atom is -0.0648 e. The van der Waals surface area contributed by atoms with Crippen LogP contribution < -0.4 is 0 Å². The molecule has 0 heteroatoms. The van der Waals surface area contributed by atoms with Gasteiger partial charge in [0.1, 0.15) is 0 Å². The average molecular weight is 436 g/mol. The molecule has 1 unspecified atom stereocenters. The third kappa shape index (κ3) is 4.72. The Balaban J connectivity index is 2.05. The van der Waals surface area contributed by atoms with E-state index in [1.807, 2.05) is 0 Å². The smallest absolute Gasteiger partial charge is 0.0167 e. The van der Waals surface area contributed by atoms with Gasteiger partial charge in [-0.1, -0.05) is 128 Å². The van der Waals surface area contributed by atoms with Gasteiger partial charge in [-0.25, -0.2) is 0 Å². The zero-order valence-electron chi connectivity index (χ0n) is 21.7. The summed E-state index contributed by atoms with van der Waals surface area (Å²) in [6.07, 6.45) is 6.01. The highest BCUT2D eigenvalue weighted by atomic mass is 14.3. The topological polar surface area (TPSA) is 0 Å². The Kier molecular flexibility index (Phi) is 6.16. The molecule has 0 saturated carbocycles. The van der Waals surface area contributed by atoms with E-state index < -0.39 is 0 Å². The number of benzene rings is 3. The Morgan fingerprint density at radius 3 is 1.88 bits per heavy atom. The molecule has 0 amide bonds. The second-order valence-corrected chi connectivity index (χ2v) is 11.8. The van der Waals surface area contributed by atoms with Gasteiger partial charge in [-0.15, -0.1) is 0 Å². The second-order valence-electron chi connectivity index (χ2n) is 11.8. The highest BCUT2D eigenvalue weighted by Crippen LogP contribution is 2.45. The van der Waals surface area contributed by atoms with E-state index in [2.05, 4.69) is 129 Å². The van der Waals surface area contributed by atoms with Crippen LogP contribution in [0.5, 0.6) is 0 Å². The van der Waals surface area contributed by atoms with Gasteiger partial charge in [-0.05, 0) is 67.7 Å². The third-order valence-corrected chi connectivity index (χ3v) is 7.13. The quantitative estimate of drug-likeness (QED) is 0.382. The molecule has 0 N–H and O–H groups in total. The second kappa shape index (κ2) is 8.64. The maximum absolute atomic E-state index is 2.45. The summed E-state index contributed by atoms with van der Waals surface area (Å²) in [4.78, 5) is 0. The highest BCUT2D eigenvalue weighted by molar-refractivity contribution is 5.94. The Morgan fingerprint density at radius 2 is 1.33 bits per heavy atom. The first-order valence-corrected chi connectivity index (χ1v) is 12.4. The van der Waals surface area contributed by atoms with Crippen LogP contribution >= 0.6 is 0 Å². The molecule has 1 atom stereocenters. The molecular formula is C33H39. The van der Waals surface area contributed by atoms with Gasteiger partial charge in [0.2, 0.25) is 0 Å². The molecule has 1 aliphatic carbocycles. The fourth-order valence-electron chi connectivity index (χ4n) is 4.63. The van der Waals surface area contributed by atoms with Gasteiger partial charge in [-0.2, -0.15) is 0 Å². The van der Waals surface area contributed by atoms with E-state index in [0.717, 1.165) is 6.42 Å². The van der Waals surface area contributed by atoms with Crippen molar-refractivity contribution in [2.45, 2.75) is 72.6 Å². The van der Waals surface area contributed by atoms with E-state index in [4.69, 9.17) is 0 Å². The number of hydrogen-bond donors (Lipinski definition) is 0. The van der Waals surface area contributed by atoms with Crippen molar-refractivity contribution >= 4 is 6.08 Å². The van der Waals surface area contributed by atoms with Gasteiger partial charge < -0.3 is 0 Å². The van der Waals surface area contributed by atoms with Gasteiger partial charge in [0.05, 0.1) is 0 Å². The van der Waals surface area contributed by atoms with Crippen LogP contribution in [-0.2, 0) is 10.8 Å². The molecule has 0 spiro atoms. The van der Waals surface area contributed by atoms with Gasteiger partial charge in [0.15, 0.2) is 0 Å². The summed E-state index contributed by atoms with van der Waals surface area (Å²) in [5, 5.41) is 0. The maximum Gasteiger partial charge on any atom is 0.0167 e. The predicted molar refractivity (Wildman–Crippen MR) is 146 cm³/mol. The van der Waals surface area contributed by atoms with E-state index in [-0.39, 0.29) is 10.8 Å². The predicted octanol–water partition coefficient (Wildman–Crippen LogP) is 9.61. The summed E-state index contributed by atoms with van der Waals surface area (Å²) in [5.41, 5.74) is 12.4. The lowest BCUT2D eigenvalue weighted by atomic mass is 9.77. The monoisotopic (exact) mass is 435 g/mol. The minimum absolute atomic E-state index is 0.0880. The molecule has 0 aliphatic heterocycles. The summed E-state index contributed by atoms with van der Waals surface area (Å²) in [5.74, 6) is 0.566. The number of fused-ring (bicyclic) bond motifs is 1. The Hall–Kier alpha value is -2.60. The highest BCUT2D eigenvalue weighted by Gasteiger charge is 2.26. The lowest BCUT2D eigenvalue weighted by Crippen LogP contribution is -2.16. The van der Waals surface area contributed by atoms with Crippen LogP contribution in [0.2, 0.25) is 0 Å². The van der Waals surface area contributed by atoms with Crippen LogP contribution in [0, 0.1) is 12.3 Å². The molecule has 33 heavy (non-hydrogen) atoms. The molecule has 0 nitrogen and oxygen atoms in total. The fourth-order valence-corrected chi connectivity index (χ4v) is 4.63. The van der Waals surface area contributed by atoms with E-state index in [1.54, 1.807) is 0 Å². The standard InChI is InChI=1S/C33H39/c1-9-22(2)25-17-24-15-16-29(23-13-11-10-12-14-23)31(30(24)20-25)26-18-27(32(3,4)5)21-28(19-26)33(6,7)8/h10-22H,9H2,1-8H3. The van der Waals surface area contributed by atoms with Gasteiger partial charge in [0.25, 0.3) is 0 Å². The summed E-state index contributed by atoms with van der Waals surface area (Å²) in [6, 6.07) is 22.8. The lowest BCUT2D eigenvalue weighted by Gasteiger charge is -2.27. The van der Waals surface area contributed by atoms with Crippen molar-refractivity contribution in [3.63, 3.8) is 0 Å². The number of hydrogen-bond acceptors (Lipinski definition) is 0. The number of rotatable bonds is 4. The maximum atomic E-state index is 2.45. The average Bonchev–Trinajstić information content (AvgIpc) is 3.21. The van der Waals surface area contributed by atoms with Crippen molar-refractivity contribution in [1.29, 1.82) is 0 Å². The molecular weight excluding hydrogens is 396 g/mol. The van der Waals surface area contributed by atoms with E-state index in [0.29, 0.717) is 5.92 Å². The van der Waals surface area contributed by atoms with Crippen molar-refractivity contribution in [3.05, 3.63) is 94.9 Å². The van der Waals surface area contributed by atoms with E-state index >= 15 is 0 Å². The van der Waals surface area contributed by atoms with Crippen molar-refractivity contribution < 1.29 is 0 Å². The summed E-state index contributed by atoms with van der Waals surface area (Å²) in [7, 11) is 0. The van der Waals surface area contributed by atoms with Crippen molar-refractivity contribution in [3.8, 4) is 22.3 Å². The van der Waals surface area contributed by atoms with Crippen LogP contribution in [0.15, 0.2) is 66.2 Å². The molecule has 0 fully saturated rings. The van der Waals surface area contributed by atoms with Gasteiger partial charge >= 0.3 is 0 Å². The summed E-state index contributed by atoms with van der Waals surface area (Å²) >= 11 is 0. The normalized spacial score (nSPS) is 14.7. The Labute approximate surface area is 201 Å². The van der Waals surface area contributed by atoms with Crippen LogP contribution in [-0.4, -0.2) is 0 Å². The summed E-state index contributed by atoms with van der Waals surface area (Å²) < 4.78 is 0. The first kappa shape index (κ1) is 23.6. The molecule has 0 aromatic heterocycles. The molecule has 3 aromatic carbocycles. The summed E-state index contributed by atoms with van der Waals surface area (Å²) in [6.45, 7) is 18.5. The lowest BCUT2D eigenvalue weighted by molar-refractivity contribution is 0.569. The fraction of sp³-hybridized carbons (Fsp3) is 0.364. The van der Waals surface area contributed by atoms with Crippen molar-refractivity contribution in [2.24, 2.45) is 5.92 Å². The van der Waals surface area contributed by atoms with Crippen molar-refractivity contribution in [1.82, 2.24) is 0 Å². The molecule has 3 aromatic rings. The Bertz CT molecular complexity index is 1140. The molecule has 0 heterocycles. The largest absolute Gasteiger partial charge is 0.0648 e. The third-order valence-electron chi connectivity index (χ3n) is 7.13. The van der Waals surface area contributed by atoms with Crippen LogP contribution in [0.3, 0.4) is 0 Å². The first-order chi connectivity index (χ1) is 15.5. The van der Waals surface area contributed by atoms with Crippen LogP contribution in [0.25, 0.3) is 28.3 Å². The molecule has 0 saturated heterocycles. The van der Waals surface area contributed by atoms with Gasteiger partial charge in [-0.3, -0.25) is 0 Å². The Morgan fingerprint density at radius 1 is 0.727 bits per heavy atom. The number of allylic oxidation sites excluding steroid dienone is 1. The van der Waals surface area contributed by atoms with Gasteiger partial charge in [0, 0.05) is 6.42 Å². The SMILES string of the molecule is CCC(C)C1=Cc2c(ccc(-c3ccccc3)c2-c2cc(C(C)(C)C)cc(C(C)(C)C)c2)[CH]1. The molecule has 4 rings (SSSR count). The molecule has 0 bridgehead atoms. The van der Waals surface area contributed by atoms with Crippen LogP contribution in [0.4, 0.5) is 0 Å². The van der Waals surface area contributed by atoms with Crippen molar-refractivity contribution in [2.75, 3.05) is 0 Å². The minimum atomic E-state index is 0.0880. The molecule has 1 radical (unpaired) electrons.